The van der Waals surface area contributed by atoms with Gasteiger partial charge in [-0.3, -0.25) is 14.5 Å². The lowest BCUT2D eigenvalue weighted by Crippen LogP contribution is -2.22. The number of hydrogen-bond donors (Lipinski definition) is 1. The Kier molecular flexibility index (Phi) is 3.94. The number of imidazole rings is 1. The first-order chi connectivity index (χ1) is 14.1. The maximum Gasteiger partial charge on any atom is 0.329 e. The minimum absolute atomic E-state index is 0.361. The van der Waals surface area contributed by atoms with Crippen molar-refractivity contribution in [3.05, 3.63) is 88.9 Å². The Hall–Kier alpha value is -3.87. The van der Waals surface area contributed by atoms with Crippen LogP contribution < -0.4 is 5.69 Å². The van der Waals surface area contributed by atoms with E-state index < -0.39 is 6.04 Å². The summed E-state index contributed by atoms with van der Waals surface area (Å²) in [6, 6.07) is 15.5. The SMILES string of the molecule is CC(c1ccccc1F)n1c(=O)[nH]c2ncc(-c3cccc4ncccc34)nc21. The van der Waals surface area contributed by atoms with Crippen LogP contribution in [0.4, 0.5) is 4.39 Å². The average Bonchev–Trinajstić information content (AvgIpc) is 3.08. The molecular formula is C22H16FN5O. The molecule has 0 aliphatic rings. The molecule has 0 aliphatic heterocycles. The van der Waals surface area contributed by atoms with Crippen LogP contribution >= 0.6 is 0 Å². The van der Waals surface area contributed by atoms with Gasteiger partial charge >= 0.3 is 5.69 Å². The number of nitrogens with zero attached hydrogens (tertiary/aromatic N) is 4. The minimum atomic E-state index is -0.545. The summed E-state index contributed by atoms with van der Waals surface area (Å²) >= 11 is 0. The summed E-state index contributed by atoms with van der Waals surface area (Å²) < 4.78 is 15.8. The normalized spacial score (nSPS) is 12.5. The highest BCUT2D eigenvalue weighted by molar-refractivity contribution is 5.93. The lowest BCUT2D eigenvalue weighted by molar-refractivity contribution is 0.555. The van der Waals surface area contributed by atoms with Gasteiger partial charge in [-0.1, -0.05) is 36.4 Å². The lowest BCUT2D eigenvalue weighted by atomic mass is 10.1. The molecule has 0 bridgehead atoms. The molecule has 0 saturated heterocycles. The van der Waals surface area contributed by atoms with Crippen molar-refractivity contribution in [3.63, 3.8) is 0 Å². The van der Waals surface area contributed by atoms with Crippen molar-refractivity contribution in [1.82, 2.24) is 24.5 Å². The Morgan fingerprint density at radius 3 is 2.76 bits per heavy atom. The summed E-state index contributed by atoms with van der Waals surface area (Å²) in [7, 11) is 0. The van der Waals surface area contributed by atoms with Crippen molar-refractivity contribution < 1.29 is 4.39 Å². The number of aromatic nitrogens is 5. The summed E-state index contributed by atoms with van der Waals surface area (Å²) in [5, 5.41) is 0.940. The van der Waals surface area contributed by atoms with Gasteiger partial charge in [-0.05, 0) is 25.1 Å². The van der Waals surface area contributed by atoms with Crippen LogP contribution in [0.25, 0.3) is 33.5 Å². The van der Waals surface area contributed by atoms with Gasteiger partial charge in [0.25, 0.3) is 0 Å². The molecule has 5 rings (SSSR count). The van der Waals surface area contributed by atoms with Gasteiger partial charge in [-0.15, -0.1) is 0 Å². The Labute approximate surface area is 164 Å². The zero-order valence-corrected chi connectivity index (χ0v) is 15.5. The van der Waals surface area contributed by atoms with Crippen LogP contribution in [0, 0.1) is 5.82 Å². The third-order valence-electron chi connectivity index (χ3n) is 5.09. The molecule has 6 nitrogen and oxygen atoms in total. The van der Waals surface area contributed by atoms with E-state index in [1.54, 1.807) is 37.5 Å². The van der Waals surface area contributed by atoms with Gasteiger partial charge in [-0.25, -0.2) is 19.2 Å². The molecule has 0 amide bonds. The molecule has 0 fully saturated rings. The molecule has 0 radical (unpaired) electrons. The maximum atomic E-state index is 14.3. The topological polar surface area (TPSA) is 76.5 Å². The molecule has 1 unspecified atom stereocenters. The zero-order valence-electron chi connectivity index (χ0n) is 15.5. The van der Waals surface area contributed by atoms with Crippen molar-refractivity contribution >= 4 is 22.2 Å². The highest BCUT2D eigenvalue weighted by Gasteiger charge is 2.20. The number of hydrogen-bond acceptors (Lipinski definition) is 4. The van der Waals surface area contributed by atoms with E-state index in [-0.39, 0.29) is 11.5 Å². The van der Waals surface area contributed by atoms with Crippen LogP contribution in [0.1, 0.15) is 18.5 Å². The van der Waals surface area contributed by atoms with E-state index >= 15 is 0 Å². The van der Waals surface area contributed by atoms with E-state index in [2.05, 4.69) is 15.0 Å². The van der Waals surface area contributed by atoms with E-state index in [0.29, 0.717) is 22.6 Å². The Morgan fingerprint density at radius 2 is 1.90 bits per heavy atom. The van der Waals surface area contributed by atoms with Crippen molar-refractivity contribution in [2.75, 3.05) is 0 Å². The van der Waals surface area contributed by atoms with Crippen molar-refractivity contribution in [3.8, 4) is 11.3 Å². The van der Waals surface area contributed by atoms with Crippen LogP contribution in [0.15, 0.2) is 71.8 Å². The molecule has 0 saturated carbocycles. The Bertz CT molecular complexity index is 1420. The Morgan fingerprint density at radius 1 is 1.03 bits per heavy atom. The van der Waals surface area contributed by atoms with E-state index in [1.165, 1.54) is 10.6 Å². The molecule has 2 aromatic carbocycles. The van der Waals surface area contributed by atoms with Crippen LogP contribution in [0.2, 0.25) is 0 Å². The predicted molar refractivity (Wildman–Crippen MR) is 109 cm³/mol. The number of nitrogens with one attached hydrogen (secondary N) is 1. The summed E-state index contributed by atoms with van der Waals surface area (Å²) in [5.74, 6) is -0.370. The smallest absolute Gasteiger partial charge is 0.289 e. The molecule has 7 heteroatoms. The molecule has 1 N–H and O–H groups in total. The molecule has 29 heavy (non-hydrogen) atoms. The molecule has 142 valence electrons. The number of benzene rings is 2. The summed E-state index contributed by atoms with van der Waals surface area (Å²) in [6.07, 6.45) is 3.36. The van der Waals surface area contributed by atoms with Crippen LogP contribution in [0.3, 0.4) is 0 Å². The number of rotatable bonds is 3. The standard InChI is InChI=1S/C22H16FN5O/c1-13(14-6-2-3-9-17(14)23)28-21-20(27-22(28)29)25-12-19(26-21)16-7-4-10-18-15(16)8-5-11-24-18/h2-13H,1H3,(H,25,27,29). The van der Waals surface area contributed by atoms with Gasteiger partial charge in [0.15, 0.2) is 11.3 Å². The summed E-state index contributed by atoms with van der Waals surface area (Å²) in [5.41, 5.74) is 3.10. The van der Waals surface area contributed by atoms with Crippen molar-refractivity contribution in [1.29, 1.82) is 0 Å². The fourth-order valence-electron chi connectivity index (χ4n) is 3.66. The quantitative estimate of drug-likeness (QED) is 0.508. The highest BCUT2D eigenvalue weighted by atomic mass is 19.1. The Balaban J connectivity index is 1.73. The van der Waals surface area contributed by atoms with Gasteiger partial charge < -0.3 is 0 Å². The monoisotopic (exact) mass is 385 g/mol. The van der Waals surface area contributed by atoms with Gasteiger partial charge in [-0.2, -0.15) is 0 Å². The average molecular weight is 385 g/mol. The zero-order chi connectivity index (χ0) is 20.0. The molecule has 3 heterocycles. The first kappa shape index (κ1) is 17.2. The fraction of sp³-hybridized carbons (Fsp3) is 0.0909. The van der Waals surface area contributed by atoms with Crippen molar-refractivity contribution in [2.45, 2.75) is 13.0 Å². The first-order valence-electron chi connectivity index (χ1n) is 9.19. The number of H-pyrrole nitrogens is 1. The molecule has 0 aliphatic carbocycles. The third-order valence-corrected chi connectivity index (χ3v) is 5.09. The van der Waals surface area contributed by atoms with E-state index in [4.69, 9.17) is 4.98 Å². The third kappa shape index (κ3) is 2.79. The van der Waals surface area contributed by atoms with Gasteiger partial charge in [0, 0.05) is 22.7 Å². The lowest BCUT2D eigenvalue weighted by Gasteiger charge is -2.14. The number of fused-ring (bicyclic) bond motifs is 2. The van der Waals surface area contributed by atoms with Gasteiger partial charge in [0.2, 0.25) is 0 Å². The molecular weight excluding hydrogens is 369 g/mol. The molecule has 3 aromatic heterocycles. The van der Waals surface area contributed by atoms with Crippen LogP contribution in [-0.2, 0) is 0 Å². The summed E-state index contributed by atoms with van der Waals surface area (Å²) in [6.45, 7) is 1.77. The second kappa shape index (κ2) is 6.63. The number of aromatic amines is 1. The second-order valence-corrected chi connectivity index (χ2v) is 6.80. The minimum Gasteiger partial charge on any atom is -0.289 e. The summed E-state index contributed by atoms with van der Waals surface area (Å²) in [4.78, 5) is 28.8. The van der Waals surface area contributed by atoms with Crippen LogP contribution in [0.5, 0.6) is 0 Å². The van der Waals surface area contributed by atoms with Crippen LogP contribution in [-0.4, -0.2) is 24.5 Å². The fourth-order valence-corrected chi connectivity index (χ4v) is 3.66. The molecule has 1 atom stereocenters. The first-order valence-corrected chi connectivity index (χ1v) is 9.19. The predicted octanol–water partition coefficient (Wildman–Crippen LogP) is 4.08. The van der Waals surface area contributed by atoms with E-state index in [1.807, 2.05) is 30.3 Å². The van der Waals surface area contributed by atoms with E-state index in [0.717, 1.165) is 16.5 Å². The van der Waals surface area contributed by atoms with E-state index in [9.17, 15) is 9.18 Å². The largest absolute Gasteiger partial charge is 0.329 e. The number of pyridine rings is 1. The molecule has 5 aromatic rings. The van der Waals surface area contributed by atoms with Crippen molar-refractivity contribution in [2.24, 2.45) is 0 Å². The maximum absolute atomic E-state index is 14.3. The highest BCUT2D eigenvalue weighted by Crippen LogP contribution is 2.28. The molecule has 0 spiro atoms. The second-order valence-electron chi connectivity index (χ2n) is 6.80. The van der Waals surface area contributed by atoms with Gasteiger partial charge in [0.1, 0.15) is 5.82 Å². The van der Waals surface area contributed by atoms with Gasteiger partial charge in [0.05, 0.1) is 23.4 Å². The number of halogens is 1.